The van der Waals surface area contributed by atoms with Gasteiger partial charge in [-0.3, -0.25) is 18.6 Å². The Morgan fingerprint density at radius 1 is 0.380 bits per heavy atom. The second-order valence-corrected chi connectivity index (χ2v) is 24.3. The number of hydrogen-bond acceptors (Lipinski definition) is 7. The predicted molar refractivity (Wildman–Crippen MR) is 303 cm³/mol. The molecule has 0 spiro atoms. The van der Waals surface area contributed by atoms with Gasteiger partial charge in [0.05, 0.1) is 27.7 Å². The van der Waals surface area contributed by atoms with Crippen molar-refractivity contribution in [2.45, 2.75) is 335 Å². The number of ether oxygens (including phenoxy) is 2. The van der Waals surface area contributed by atoms with Crippen molar-refractivity contribution in [1.82, 2.24) is 0 Å². The number of hydrogen-bond donors (Lipinski definition) is 1. The van der Waals surface area contributed by atoms with Gasteiger partial charge in [0.1, 0.15) is 19.8 Å². The fraction of sp³-hybridized carbons (Fsp3) is 0.967. The van der Waals surface area contributed by atoms with E-state index in [1.165, 1.54) is 263 Å². The molecule has 0 amide bonds. The average Bonchev–Trinajstić information content (AvgIpc) is 3.33. The fourth-order valence-electron chi connectivity index (χ4n) is 9.55. The molecule has 9 nitrogen and oxygen atoms in total. The minimum Gasteiger partial charge on any atom is -0.462 e. The largest absolute Gasteiger partial charge is 0.472 e. The smallest absolute Gasteiger partial charge is 0.462 e. The molecule has 71 heavy (non-hydrogen) atoms. The molecule has 0 saturated carbocycles. The van der Waals surface area contributed by atoms with Crippen LogP contribution < -0.4 is 0 Å². The van der Waals surface area contributed by atoms with Gasteiger partial charge in [-0.05, 0) is 12.8 Å². The van der Waals surface area contributed by atoms with Crippen LogP contribution in [-0.4, -0.2) is 74.9 Å². The van der Waals surface area contributed by atoms with Crippen LogP contribution in [0.4, 0.5) is 0 Å². The lowest BCUT2D eigenvalue weighted by Gasteiger charge is -2.24. The topological polar surface area (TPSA) is 108 Å². The minimum absolute atomic E-state index is 0.0375. The van der Waals surface area contributed by atoms with Crippen LogP contribution >= 0.6 is 7.82 Å². The lowest BCUT2D eigenvalue weighted by molar-refractivity contribution is -0.870. The molecule has 0 bridgehead atoms. The molecule has 0 aliphatic rings. The van der Waals surface area contributed by atoms with Gasteiger partial charge in [-0.1, -0.05) is 303 Å². The molecule has 0 aliphatic carbocycles. The van der Waals surface area contributed by atoms with Crippen LogP contribution in [0.3, 0.4) is 0 Å². The molecular weight excluding hydrogens is 906 g/mol. The molecule has 1 N–H and O–H groups in total. The molecule has 0 aromatic carbocycles. The Bertz CT molecular complexity index is 1160. The van der Waals surface area contributed by atoms with E-state index in [-0.39, 0.29) is 25.6 Å². The number of esters is 2. The molecular formula is C61H123NO8P+. The number of likely N-dealkylation sites (N-methyl/N-ethyl adjacent to an activating group) is 1. The van der Waals surface area contributed by atoms with Gasteiger partial charge in [-0.15, -0.1) is 0 Å². The van der Waals surface area contributed by atoms with Crippen molar-refractivity contribution in [3.63, 3.8) is 0 Å². The van der Waals surface area contributed by atoms with Gasteiger partial charge in [0.15, 0.2) is 6.10 Å². The maximum absolute atomic E-state index is 12.8. The predicted octanol–water partition coefficient (Wildman–Crippen LogP) is 19.4. The molecule has 0 radical (unpaired) electrons. The molecule has 10 heteroatoms. The summed E-state index contributed by atoms with van der Waals surface area (Å²) in [6, 6.07) is 0. The van der Waals surface area contributed by atoms with E-state index in [0.29, 0.717) is 17.4 Å². The van der Waals surface area contributed by atoms with E-state index in [1.54, 1.807) is 0 Å². The Morgan fingerprint density at radius 3 is 0.901 bits per heavy atom. The summed E-state index contributed by atoms with van der Waals surface area (Å²) in [6.45, 7) is 4.52. The number of carbonyl (C=O) groups excluding carboxylic acids is 2. The third-order valence-electron chi connectivity index (χ3n) is 14.4. The molecule has 0 aromatic heterocycles. The second-order valence-electron chi connectivity index (χ2n) is 22.8. The summed E-state index contributed by atoms with van der Waals surface area (Å²) in [5, 5.41) is 0. The molecule has 2 unspecified atom stereocenters. The van der Waals surface area contributed by atoms with Gasteiger partial charge in [0, 0.05) is 12.8 Å². The standard InChI is InChI=1S/C61H122NO8P/c1-6-8-10-12-14-16-18-20-22-24-26-27-28-29-30-31-32-33-34-36-38-40-42-44-46-48-50-52-54-61(64)70-59(58-69-71(65,66)68-56-55-62(3,4)5)57-67-60(63)53-51-49-47-45-43-41-39-37-35-25-23-21-19-17-15-13-11-9-7-2/h59H,6-58H2,1-5H3/p+1. The quantitative estimate of drug-likeness (QED) is 0.0278. The molecule has 0 heterocycles. The van der Waals surface area contributed by atoms with Crippen molar-refractivity contribution in [3.05, 3.63) is 0 Å². The second kappa shape index (κ2) is 53.8. The summed E-state index contributed by atoms with van der Waals surface area (Å²) in [5.41, 5.74) is 0. The molecule has 0 aliphatic heterocycles. The van der Waals surface area contributed by atoms with Crippen molar-refractivity contribution in [2.75, 3.05) is 47.5 Å². The van der Waals surface area contributed by atoms with Crippen molar-refractivity contribution < 1.29 is 42.1 Å². The highest BCUT2D eigenvalue weighted by Crippen LogP contribution is 2.43. The first-order chi connectivity index (χ1) is 34.5. The van der Waals surface area contributed by atoms with Crippen LogP contribution in [-0.2, 0) is 32.7 Å². The zero-order chi connectivity index (χ0) is 52.0. The van der Waals surface area contributed by atoms with E-state index >= 15 is 0 Å². The van der Waals surface area contributed by atoms with Gasteiger partial charge in [0.2, 0.25) is 0 Å². The molecule has 0 aromatic rings. The summed E-state index contributed by atoms with van der Waals surface area (Å²) in [7, 11) is 1.50. The van der Waals surface area contributed by atoms with Crippen LogP contribution in [0.15, 0.2) is 0 Å². The van der Waals surface area contributed by atoms with Gasteiger partial charge >= 0.3 is 19.8 Å². The molecule has 0 rings (SSSR count). The number of nitrogens with zero attached hydrogens (tertiary/aromatic N) is 1. The van der Waals surface area contributed by atoms with Crippen LogP contribution in [0.1, 0.15) is 328 Å². The first-order valence-corrected chi connectivity index (χ1v) is 32.8. The summed E-state index contributed by atoms with van der Waals surface area (Å²) in [4.78, 5) is 35.7. The van der Waals surface area contributed by atoms with Crippen LogP contribution in [0.5, 0.6) is 0 Å². The third-order valence-corrected chi connectivity index (χ3v) is 15.4. The lowest BCUT2D eigenvalue weighted by Crippen LogP contribution is -2.37. The SMILES string of the molecule is CCCCCCCCCCCCCCCCCCCCCCCCCCCCCCC(=O)OC(COC(=O)CCCCCCCCCCCCCCCCCCCCC)COP(=O)(O)OCC[N+](C)(C)C. The number of unbranched alkanes of at least 4 members (excludes halogenated alkanes) is 45. The van der Waals surface area contributed by atoms with Crippen molar-refractivity contribution in [1.29, 1.82) is 0 Å². The van der Waals surface area contributed by atoms with E-state index in [4.69, 9.17) is 18.5 Å². The van der Waals surface area contributed by atoms with Gasteiger partial charge < -0.3 is 18.9 Å². The van der Waals surface area contributed by atoms with Crippen molar-refractivity contribution in [2.24, 2.45) is 0 Å². The first-order valence-electron chi connectivity index (χ1n) is 31.3. The fourth-order valence-corrected chi connectivity index (χ4v) is 10.3. The zero-order valence-corrected chi connectivity index (χ0v) is 49.1. The summed E-state index contributed by atoms with van der Waals surface area (Å²) >= 11 is 0. The van der Waals surface area contributed by atoms with Gasteiger partial charge in [-0.25, -0.2) is 4.57 Å². The normalized spacial score (nSPS) is 13.2. The highest BCUT2D eigenvalue weighted by atomic mass is 31.2. The van der Waals surface area contributed by atoms with E-state index in [9.17, 15) is 19.0 Å². The van der Waals surface area contributed by atoms with Crippen LogP contribution in [0.25, 0.3) is 0 Å². The van der Waals surface area contributed by atoms with E-state index in [0.717, 1.165) is 38.5 Å². The summed E-state index contributed by atoms with van der Waals surface area (Å²) < 4.78 is 34.6. The Balaban J connectivity index is 4.03. The number of rotatable bonds is 59. The Hall–Kier alpha value is -0.990. The van der Waals surface area contributed by atoms with Gasteiger partial charge in [0.25, 0.3) is 0 Å². The average molecular weight is 1030 g/mol. The van der Waals surface area contributed by atoms with E-state index in [1.807, 2.05) is 21.1 Å². The van der Waals surface area contributed by atoms with Crippen LogP contribution in [0, 0.1) is 0 Å². The number of phosphoric ester groups is 1. The number of carbonyl (C=O) groups is 2. The molecule has 2 atom stereocenters. The van der Waals surface area contributed by atoms with Gasteiger partial charge in [-0.2, -0.15) is 0 Å². The first kappa shape index (κ1) is 70.0. The Labute approximate surface area is 442 Å². The summed E-state index contributed by atoms with van der Waals surface area (Å²) in [6.07, 6.45) is 61.9. The van der Waals surface area contributed by atoms with E-state index < -0.39 is 26.5 Å². The van der Waals surface area contributed by atoms with Crippen LogP contribution in [0.2, 0.25) is 0 Å². The van der Waals surface area contributed by atoms with Crippen molar-refractivity contribution >= 4 is 19.8 Å². The lowest BCUT2D eigenvalue weighted by atomic mass is 10.0. The molecule has 424 valence electrons. The number of phosphoric acid groups is 1. The maximum atomic E-state index is 12.8. The minimum atomic E-state index is -4.38. The Kier molecular flexibility index (Phi) is 53.1. The monoisotopic (exact) mass is 1030 g/mol. The molecule has 0 saturated heterocycles. The summed E-state index contributed by atoms with van der Waals surface area (Å²) in [5.74, 6) is -0.771. The van der Waals surface area contributed by atoms with Crippen molar-refractivity contribution in [3.8, 4) is 0 Å². The Morgan fingerprint density at radius 2 is 0.634 bits per heavy atom. The third kappa shape index (κ3) is 58.1. The highest BCUT2D eigenvalue weighted by Gasteiger charge is 2.27. The maximum Gasteiger partial charge on any atom is 0.472 e. The number of quaternary nitrogens is 1. The molecule has 0 fully saturated rings. The van der Waals surface area contributed by atoms with E-state index in [2.05, 4.69) is 13.8 Å². The highest BCUT2D eigenvalue weighted by molar-refractivity contribution is 7.47. The zero-order valence-electron chi connectivity index (χ0n) is 48.3.